The van der Waals surface area contributed by atoms with Crippen LogP contribution in [-0.4, -0.2) is 11.7 Å². The van der Waals surface area contributed by atoms with E-state index in [1.54, 1.807) is 23.1 Å². The van der Waals surface area contributed by atoms with Crippen LogP contribution in [0.1, 0.15) is 50.2 Å². The van der Waals surface area contributed by atoms with E-state index in [9.17, 15) is 9.59 Å². The van der Waals surface area contributed by atoms with Crippen molar-refractivity contribution in [1.82, 2.24) is 0 Å². The smallest absolute Gasteiger partial charge is 0.232 e. The molecule has 2 aromatic carbocycles. The molecule has 0 spiro atoms. The summed E-state index contributed by atoms with van der Waals surface area (Å²) in [6.45, 7) is 6.15. The number of anilines is 1. The molecular formula is C24H23Cl2NO2. The predicted octanol–water partition coefficient (Wildman–Crippen LogP) is 6.47. The van der Waals surface area contributed by atoms with Crippen molar-refractivity contribution in [1.29, 1.82) is 0 Å². The minimum absolute atomic E-state index is 0.0657. The van der Waals surface area contributed by atoms with Gasteiger partial charge in [-0.05, 0) is 36.5 Å². The Balaban J connectivity index is 1.92. The molecule has 0 N–H and O–H groups in total. The molecule has 4 rings (SSSR count). The van der Waals surface area contributed by atoms with Crippen LogP contribution in [0.2, 0.25) is 10.0 Å². The molecule has 2 aliphatic rings. The van der Waals surface area contributed by atoms with E-state index in [-0.39, 0.29) is 29.4 Å². The number of halogens is 2. The number of carbonyl (C=O) groups excluding carboxylic acids is 2. The summed E-state index contributed by atoms with van der Waals surface area (Å²) in [5.41, 5.74) is 3.97. The molecule has 150 valence electrons. The van der Waals surface area contributed by atoms with Crippen LogP contribution < -0.4 is 4.90 Å². The highest BCUT2D eigenvalue weighted by Crippen LogP contribution is 2.49. The normalized spacial score (nSPS) is 21.4. The summed E-state index contributed by atoms with van der Waals surface area (Å²) >= 11 is 12.7. The molecule has 1 heterocycles. The third-order valence-electron chi connectivity index (χ3n) is 5.79. The first kappa shape index (κ1) is 20.2. The monoisotopic (exact) mass is 427 g/mol. The third-order valence-corrected chi connectivity index (χ3v) is 6.60. The molecule has 2 aromatic rings. The van der Waals surface area contributed by atoms with Gasteiger partial charge in [0.05, 0.1) is 15.7 Å². The first-order valence-corrected chi connectivity index (χ1v) is 10.5. The van der Waals surface area contributed by atoms with Gasteiger partial charge in [-0.25, -0.2) is 0 Å². The van der Waals surface area contributed by atoms with Crippen LogP contribution >= 0.6 is 23.2 Å². The van der Waals surface area contributed by atoms with Gasteiger partial charge in [0, 0.05) is 30.0 Å². The van der Waals surface area contributed by atoms with E-state index in [0.717, 1.165) is 22.4 Å². The first-order chi connectivity index (χ1) is 13.7. The van der Waals surface area contributed by atoms with Gasteiger partial charge in [0.25, 0.3) is 0 Å². The average molecular weight is 428 g/mol. The van der Waals surface area contributed by atoms with Crippen LogP contribution in [0.4, 0.5) is 5.69 Å². The minimum atomic E-state index is -0.228. The van der Waals surface area contributed by atoms with E-state index < -0.39 is 0 Å². The zero-order valence-electron chi connectivity index (χ0n) is 16.8. The van der Waals surface area contributed by atoms with Crippen molar-refractivity contribution in [3.8, 4) is 0 Å². The number of rotatable bonds is 2. The quantitative estimate of drug-likeness (QED) is 0.550. The maximum Gasteiger partial charge on any atom is 0.232 e. The van der Waals surface area contributed by atoms with Crippen LogP contribution in [0.25, 0.3) is 0 Å². The molecular weight excluding hydrogens is 405 g/mol. The topological polar surface area (TPSA) is 37.4 Å². The van der Waals surface area contributed by atoms with Gasteiger partial charge in [-0.15, -0.1) is 0 Å². The van der Waals surface area contributed by atoms with Crippen molar-refractivity contribution in [2.45, 2.75) is 46.0 Å². The largest absolute Gasteiger partial charge is 0.294 e. The Hall–Kier alpha value is -2.10. The number of benzene rings is 2. The van der Waals surface area contributed by atoms with Crippen molar-refractivity contribution in [3.63, 3.8) is 0 Å². The van der Waals surface area contributed by atoms with Gasteiger partial charge in [0.1, 0.15) is 0 Å². The Morgan fingerprint density at radius 2 is 1.69 bits per heavy atom. The van der Waals surface area contributed by atoms with Crippen LogP contribution in [-0.2, 0) is 9.59 Å². The minimum Gasteiger partial charge on any atom is -0.294 e. The number of Topliss-reactive ketones (excluding diaryl/α,β-unsaturated/α-hetero) is 1. The van der Waals surface area contributed by atoms with E-state index in [1.807, 2.05) is 31.2 Å². The third kappa shape index (κ3) is 3.62. The average Bonchev–Trinajstić information content (AvgIpc) is 2.63. The molecule has 29 heavy (non-hydrogen) atoms. The number of hydrogen-bond acceptors (Lipinski definition) is 2. The molecule has 1 atom stereocenters. The van der Waals surface area contributed by atoms with Gasteiger partial charge in [0.15, 0.2) is 5.78 Å². The maximum absolute atomic E-state index is 13.4. The molecule has 0 aromatic heterocycles. The highest BCUT2D eigenvalue weighted by atomic mass is 35.5. The van der Waals surface area contributed by atoms with Gasteiger partial charge in [-0.1, -0.05) is 72.9 Å². The summed E-state index contributed by atoms with van der Waals surface area (Å²) in [5, 5.41) is 0.722. The molecule has 0 radical (unpaired) electrons. The highest BCUT2D eigenvalue weighted by molar-refractivity contribution is 6.44. The van der Waals surface area contributed by atoms with Gasteiger partial charge >= 0.3 is 0 Å². The summed E-state index contributed by atoms with van der Waals surface area (Å²) in [6, 6.07) is 13.4. The van der Waals surface area contributed by atoms with E-state index in [4.69, 9.17) is 23.2 Å². The lowest BCUT2D eigenvalue weighted by Gasteiger charge is -2.43. The SMILES string of the molecule is Cc1ccc(C2CC(=O)N(c3cccc(Cl)c3Cl)C3=C2C(=O)CC(C)(C)C3)cc1. The van der Waals surface area contributed by atoms with Crippen molar-refractivity contribution >= 4 is 40.6 Å². The van der Waals surface area contributed by atoms with Crippen LogP contribution in [0.5, 0.6) is 0 Å². The number of ketones is 1. The number of amides is 1. The Labute approximate surface area is 181 Å². The second-order valence-electron chi connectivity index (χ2n) is 8.77. The van der Waals surface area contributed by atoms with E-state index in [2.05, 4.69) is 13.8 Å². The summed E-state index contributed by atoms with van der Waals surface area (Å²) in [7, 11) is 0. The number of carbonyl (C=O) groups is 2. The maximum atomic E-state index is 13.4. The Bertz CT molecular complexity index is 1040. The fourth-order valence-electron chi connectivity index (χ4n) is 4.44. The van der Waals surface area contributed by atoms with Gasteiger partial charge in [-0.3, -0.25) is 14.5 Å². The van der Waals surface area contributed by atoms with Crippen molar-refractivity contribution in [2.24, 2.45) is 5.41 Å². The second-order valence-corrected chi connectivity index (χ2v) is 9.56. The lowest BCUT2D eigenvalue weighted by Crippen LogP contribution is -2.43. The van der Waals surface area contributed by atoms with Crippen LogP contribution in [0.3, 0.4) is 0 Å². The zero-order chi connectivity index (χ0) is 20.9. The Morgan fingerprint density at radius 1 is 1.00 bits per heavy atom. The van der Waals surface area contributed by atoms with E-state index >= 15 is 0 Å². The molecule has 1 unspecified atom stereocenters. The molecule has 0 fully saturated rings. The molecule has 0 saturated carbocycles. The molecule has 1 amide bonds. The summed E-state index contributed by atoms with van der Waals surface area (Å²) in [6.07, 6.45) is 1.33. The molecule has 3 nitrogen and oxygen atoms in total. The standard InChI is InChI=1S/C24H23Cl2NO2/c1-14-7-9-15(10-8-14)16-11-21(29)27(18-6-4-5-17(25)23(18)26)19-12-24(2,3)13-20(28)22(16)19/h4-10,16H,11-13H2,1-3H3. The van der Waals surface area contributed by atoms with Crippen molar-refractivity contribution in [3.05, 3.63) is 74.9 Å². The molecule has 1 aliphatic carbocycles. The molecule has 5 heteroatoms. The number of hydrogen-bond donors (Lipinski definition) is 0. The number of aryl methyl sites for hydroxylation is 1. The molecule has 1 aliphatic heterocycles. The second kappa shape index (κ2) is 7.30. The summed E-state index contributed by atoms with van der Waals surface area (Å²) in [5.74, 6) is -0.183. The first-order valence-electron chi connectivity index (χ1n) is 9.78. The lowest BCUT2D eigenvalue weighted by atomic mass is 9.69. The highest BCUT2D eigenvalue weighted by Gasteiger charge is 2.44. The number of nitrogens with zero attached hydrogens (tertiary/aromatic N) is 1. The Kier molecular flexibility index (Phi) is 5.08. The van der Waals surface area contributed by atoms with E-state index in [0.29, 0.717) is 28.6 Å². The van der Waals surface area contributed by atoms with Gasteiger partial charge in [-0.2, -0.15) is 0 Å². The van der Waals surface area contributed by atoms with Gasteiger partial charge in [0.2, 0.25) is 5.91 Å². The zero-order valence-corrected chi connectivity index (χ0v) is 18.3. The Morgan fingerprint density at radius 3 is 2.38 bits per heavy atom. The lowest BCUT2D eigenvalue weighted by molar-refractivity contribution is -0.121. The fourth-order valence-corrected chi connectivity index (χ4v) is 4.82. The van der Waals surface area contributed by atoms with Crippen LogP contribution in [0.15, 0.2) is 53.7 Å². The predicted molar refractivity (Wildman–Crippen MR) is 118 cm³/mol. The summed E-state index contributed by atoms with van der Waals surface area (Å²) in [4.78, 5) is 28.3. The van der Waals surface area contributed by atoms with Crippen LogP contribution in [0, 0.1) is 12.3 Å². The number of allylic oxidation sites excluding steroid dienone is 2. The molecule has 0 bridgehead atoms. The van der Waals surface area contributed by atoms with Crippen molar-refractivity contribution < 1.29 is 9.59 Å². The van der Waals surface area contributed by atoms with E-state index in [1.165, 1.54) is 0 Å². The van der Waals surface area contributed by atoms with Gasteiger partial charge < -0.3 is 0 Å². The fraction of sp³-hybridized carbons (Fsp3) is 0.333. The summed E-state index contributed by atoms with van der Waals surface area (Å²) < 4.78 is 0. The van der Waals surface area contributed by atoms with Crippen molar-refractivity contribution in [2.75, 3.05) is 4.90 Å². The molecule has 0 saturated heterocycles.